The topological polar surface area (TPSA) is 37.8 Å². The number of nitrogens with one attached hydrogen (secondary N) is 1. The van der Waals surface area contributed by atoms with Crippen LogP contribution in [0.25, 0.3) is 10.9 Å². The van der Waals surface area contributed by atoms with Gasteiger partial charge in [0.25, 0.3) is 0 Å². The van der Waals surface area contributed by atoms with E-state index in [2.05, 4.69) is 21.4 Å². The van der Waals surface area contributed by atoms with Crippen LogP contribution < -0.4 is 5.32 Å². The predicted octanol–water partition coefficient (Wildman–Crippen LogP) is 3.90. The quantitative estimate of drug-likeness (QED) is 0.733. The Morgan fingerprint density at radius 3 is 2.79 bits per heavy atom. The second kappa shape index (κ2) is 5.24. The van der Waals surface area contributed by atoms with Gasteiger partial charge in [-0.25, -0.2) is 4.98 Å². The molecule has 0 saturated heterocycles. The van der Waals surface area contributed by atoms with Crippen LogP contribution in [0.1, 0.15) is 5.56 Å². The number of halogens is 1. The summed E-state index contributed by atoms with van der Waals surface area (Å²) in [4.78, 5) is 8.55. The average Bonchev–Trinajstić information content (AvgIpc) is 2.45. The predicted molar refractivity (Wildman–Crippen MR) is 78.3 cm³/mol. The zero-order chi connectivity index (χ0) is 13.1. The first-order valence-electron chi connectivity index (χ1n) is 6.02. The van der Waals surface area contributed by atoms with Crippen molar-refractivity contribution in [3.8, 4) is 0 Å². The first-order chi connectivity index (χ1) is 9.33. The molecule has 1 N–H and O–H groups in total. The molecule has 19 heavy (non-hydrogen) atoms. The van der Waals surface area contributed by atoms with E-state index in [4.69, 9.17) is 11.6 Å². The van der Waals surface area contributed by atoms with Gasteiger partial charge in [0.2, 0.25) is 0 Å². The van der Waals surface area contributed by atoms with Gasteiger partial charge in [0, 0.05) is 18.1 Å². The van der Waals surface area contributed by atoms with Gasteiger partial charge >= 0.3 is 0 Å². The van der Waals surface area contributed by atoms with Crippen LogP contribution in [0.2, 0.25) is 5.15 Å². The van der Waals surface area contributed by atoms with Gasteiger partial charge < -0.3 is 5.32 Å². The summed E-state index contributed by atoms with van der Waals surface area (Å²) in [6, 6.07) is 15.6. The SMILES string of the molecule is Clc1cccc(NCc2ccnc3ccccc23)n1. The molecule has 0 saturated carbocycles. The van der Waals surface area contributed by atoms with Crippen molar-refractivity contribution in [3.63, 3.8) is 0 Å². The lowest BCUT2D eigenvalue weighted by atomic mass is 10.1. The Morgan fingerprint density at radius 1 is 1.00 bits per heavy atom. The van der Waals surface area contributed by atoms with E-state index in [0.717, 1.165) is 16.7 Å². The third-order valence-electron chi connectivity index (χ3n) is 2.91. The number of anilines is 1. The normalized spacial score (nSPS) is 10.6. The molecule has 3 aromatic rings. The molecular weight excluding hydrogens is 258 g/mol. The molecule has 4 heteroatoms. The smallest absolute Gasteiger partial charge is 0.131 e. The summed E-state index contributed by atoms with van der Waals surface area (Å²) in [5.74, 6) is 0.772. The fourth-order valence-electron chi connectivity index (χ4n) is 2.00. The summed E-state index contributed by atoms with van der Waals surface area (Å²) in [5.41, 5.74) is 2.19. The van der Waals surface area contributed by atoms with Crippen molar-refractivity contribution in [2.75, 3.05) is 5.32 Å². The van der Waals surface area contributed by atoms with E-state index in [9.17, 15) is 0 Å². The molecular formula is C15H12ClN3. The first-order valence-corrected chi connectivity index (χ1v) is 6.40. The molecule has 0 fully saturated rings. The van der Waals surface area contributed by atoms with Crippen LogP contribution in [0.4, 0.5) is 5.82 Å². The van der Waals surface area contributed by atoms with Crippen LogP contribution in [-0.2, 0) is 6.54 Å². The minimum atomic E-state index is 0.490. The van der Waals surface area contributed by atoms with Crippen molar-refractivity contribution in [1.29, 1.82) is 0 Å². The van der Waals surface area contributed by atoms with Gasteiger partial charge in [-0.15, -0.1) is 0 Å². The maximum Gasteiger partial charge on any atom is 0.131 e. The second-order valence-corrected chi connectivity index (χ2v) is 4.57. The molecule has 2 heterocycles. The molecule has 3 nitrogen and oxygen atoms in total. The van der Waals surface area contributed by atoms with Gasteiger partial charge in [-0.3, -0.25) is 4.98 Å². The number of pyridine rings is 2. The second-order valence-electron chi connectivity index (χ2n) is 4.19. The molecule has 0 spiro atoms. The van der Waals surface area contributed by atoms with Crippen molar-refractivity contribution in [1.82, 2.24) is 9.97 Å². The number of benzene rings is 1. The van der Waals surface area contributed by atoms with Crippen molar-refractivity contribution < 1.29 is 0 Å². The van der Waals surface area contributed by atoms with E-state index < -0.39 is 0 Å². The largest absolute Gasteiger partial charge is 0.366 e. The number of hydrogen-bond donors (Lipinski definition) is 1. The molecule has 3 rings (SSSR count). The van der Waals surface area contributed by atoms with Gasteiger partial charge in [0.05, 0.1) is 5.52 Å². The van der Waals surface area contributed by atoms with Gasteiger partial charge in [0.15, 0.2) is 0 Å². The lowest BCUT2D eigenvalue weighted by Crippen LogP contribution is -2.02. The van der Waals surface area contributed by atoms with E-state index in [0.29, 0.717) is 11.7 Å². The van der Waals surface area contributed by atoms with Crippen LogP contribution in [0.3, 0.4) is 0 Å². The third kappa shape index (κ3) is 2.66. The van der Waals surface area contributed by atoms with Gasteiger partial charge in [0.1, 0.15) is 11.0 Å². The van der Waals surface area contributed by atoms with Gasteiger partial charge in [-0.05, 0) is 29.8 Å². The highest BCUT2D eigenvalue weighted by Crippen LogP contribution is 2.17. The third-order valence-corrected chi connectivity index (χ3v) is 3.12. The number of nitrogens with zero attached hydrogens (tertiary/aromatic N) is 2. The molecule has 94 valence electrons. The van der Waals surface area contributed by atoms with E-state index in [-0.39, 0.29) is 0 Å². The Balaban J connectivity index is 1.86. The Kier molecular flexibility index (Phi) is 3.29. The zero-order valence-electron chi connectivity index (χ0n) is 10.2. The summed E-state index contributed by atoms with van der Waals surface area (Å²) in [6.45, 7) is 0.691. The fraction of sp³-hybridized carbons (Fsp3) is 0.0667. The number of para-hydroxylation sites is 1. The lowest BCUT2D eigenvalue weighted by Gasteiger charge is -2.08. The maximum atomic E-state index is 5.86. The molecule has 0 amide bonds. The van der Waals surface area contributed by atoms with Crippen molar-refractivity contribution in [2.45, 2.75) is 6.54 Å². The first kappa shape index (κ1) is 11.9. The van der Waals surface area contributed by atoms with Crippen LogP contribution in [0.15, 0.2) is 54.7 Å². The number of fused-ring (bicyclic) bond motifs is 1. The van der Waals surface area contributed by atoms with Crippen LogP contribution in [0.5, 0.6) is 0 Å². The Hall–Kier alpha value is -2.13. The summed E-state index contributed by atoms with van der Waals surface area (Å²) in [7, 11) is 0. The summed E-state index contributed by atoms with van der Waals surface area (Å²) in [6.07, 6.45) is 1.82. The highest BCUT2D eigenvalue weighted by Gasteiger charge is 2.01. The van der Waals surface area contributed by atoms with Crippen molar-refractivity contribution in [2.24, 2.45) is 0 Å². The van der Waals surface area contributed by atoms with Crippen molar-refractivity contribution in [3.05, 3.63) is 65.4 Å². The van der Waals surface area contributed by atoms with Crippen molar-refractivity contribution >= 4 is 28.3 Å². The molecule has 0 unspecified atom stereocenters. The lowest BCUT2D eigenvalue weighted by molar-refractivity contribution is 1.12. The van der Waals surface area contributed by atoms with Crippen LogP contribution in [-0.4, -0.2) is 9.97 Å². The highest BCUT2D eigenvalue weighted by molar-refractivity contribution is 6.29. The average molecular weight is 270 g/mol. The monoisotopic (exact) mass is 269 g/mol. The Bertz CT molecular complexity index is 707. The Labute approximate surface area is 116 Å². The van der Waals surface area contributed by atoms with Gasteiger partial charge in [-0.1, -0.05) is 35.9 Å². The molecule has 0 radical (unpaired) electrons. The molecule has 2 aromatic heterocycles. The van der Waals surface area contributed by atoms with E-state index in [1.54, 1.807) is 6.07 Å². The summed E-state index contributed by atoms with van der Waals surface area (Å²) >= 11 is 5.86. The van der Waals surface area contributed by atoms with E-state index in [1.165, 1.54) is 5.56 Å². The minimum Gasteiger partial charge on any atom is -0.366 e. The summed E-state index contributed by atoms with van der Waals surface area (Å²) < 4.78 is 0. The standard InChI is InChI=1S/C15H12ClN3/c16-14-6-3-7-15(19-14)18-10-11-8-9-17-13-5-2-1-4-12(11)13/h1-9H,10H2,(H,18,19). The number of rotatable bonds is 3. The van der Waals surface area contributed by atoms with Crippen LogP contribution in [0, 0.1) is 0 Å². The highest BCUT2D eigenvalue weighted by atomic mass is 35.5. The number of aromatic nitrogens is 2. The van der Waals surface area contributed by atoms with E-state index >= 15 is 0 Å². The molecule has 0 aliphatic heterocycles. The molecule has 0 atom stereocenters. The van der Waals surface area contributed by atoms with Crippen LogP contribution >= 0.6 is 11.6 Å². The molecule has 1 aromatic carbocycles. The zero-order valence-corrected chi connectivity index (χ0v) is 10.9. The summed E-state index contributed by atoms with van der Waals surface area (Å²) in [5, 5.41) is 4.91. The minimum absolute atomic E-state index is 0.490. The number of hydrogen-bond acceptors (Lipinski definition) is 3. The Morgan fingerprint density at radius 2 is 1.89 bits per heavy atom. The fourth-order valence-corrected chi connectivity index (χ4v) is 2.17. The molecule has 0 aliphatic carbocycles. The van der Waals surface area contributed by atoms with Gasteiger partial charge in [-0.2, -0.15) is 0 Å². The molecule has 0 bridgehead atoms. The van der Waals surface area contributed by atoms with E-state index in [1.807, 2.05) is 42.6 Å². The molecule has 0 aliphatic rings. The maximum absolute atomic E-state index is 5.86.